The number of carbonyl (C=O) groups excluding carboxylic acids is 1. The maximum absolute atomic E-state index is 13.1. The molecule has 10 heteroatoms. The molecule has 0 aliphatic heterocycles. The van der Waals surface area contributed by atoms with E-state index in [1.165, 1.54) is 11.8 Å². The van der Waals surface area contributed by atoms with Crippen molar-refractivity contribution >= 4 is 50.9 Å². The van der Waals surface area contributed by atoms with Crippen molar-refractivity contribution in [1.29, 1.82) is 0 Å². The predicted octanol–water partition coefficient (Wildman–Crippen LogP) is 5.63. The van der Waals surface area contributed by atoms with Crippen LogP contribution in [0.25, 0.3) is 5.69 Å². The lowest BCUT2D eigenvalue weighted by molar-refractivity contribution is 0.102. The summed E-state index contributed by atoms with van der Waals surface area (Å²) in [5.41, 5.74) is 4.15. The van der Waals surface area contributed by atoms with Crippen molar-refractivity contribution in [3.63, 3.8) is 0 Å². The van der Waals surface area contributed by atoms with Gasteiger partial charge in [0, 0.05) is 33.3 Å². The molecule has 4 rings (SSSR count). The molecule has 2 aromatic heterocycles. The zero-order valence-corrected chi connectivity index (χ0v) is 20.4. The molecule has 0 aliphatic rings. The van der Waals surface area contributed by atoms with Gasteiger partial charge in [0.15, 0.2) is 10.9 Å². The molecule has 1 amide bonds. The Balaban J connectivity index is 1.69. The van der Waals surface area contributed by atoms with Crippen LogP contribution in [0, 0.1) is 13.8 Å². The summed E-state index contributed by atoms with van der Waals surface area (Å²) in [6, 6.07) is 13.0. The van der Waals surface area contributed by atoms with Gasteiger partial charge in [0.05, 0.1) is 11.4 Å². The Morgan fingerprint density at radius 3 is 2.62 bits per heavy atom. The number of thioether (sulfide) groups is 1. The van der Waals surface area contributed by atoms with Crippen molar-refractivity contribution < 1.29 is 4.79 Å². The first-order valence-electron chi connectivity index (χ1n) is 9.61. The molecule has 0 aliphatic carbocycles. The van der Waals surface area contributed by atoms with E-state index < -0.39 is 0 Å². The molecule has 0 saturated heterocycles. The van der Waals surface area contributed by atoms with Gasteiger partial charge >= 0.3 is 0 Å². The number of nitrogens with one attached hydrogen (secondary N) is 1. The second-order valence-electron chi connectivity index (χ2n) is 6.96. The van der Waals surface area contributed by atoms with Gasteiger partial charge in [-0.3, -0.25) is 4.79 Å². The van der Waals surface area contributed by atoms with E-state index in [1.54, 1.807) is 29.2 Å². The molecule has 0 radical (unpaired) electrons. The quantitative estimate of drug-likeness (QED) is 0.257. The number of halogens is 2. The van der Waals surface area contributed by atoms with Crippen molar-refractivity contribution in [2.45, 2.75) is 24.8 Å². The molecule has 0 fully saturated rings. The first-order chi connectivity index (χ1) is 15.4. The van der Waals surface area contributed by atoms with Crippen LogP contribution in [-0.2, 0) is 5.75 Å². The fourth-order valence-corrected chi connectivity index (χ4v) is 4.42. The minimum absolute atomic E-state index is 0.229. The molecular formula is C22H18BrClN6OS. The minimum atomic E-state index is -0.343. The lowest BCUT2D eigenvalue weighted by Gasteiger charge is -2.10. The molecular weight excluding hydrogens is 512 g/mol. The minimum Gasteiger partial charge on any atom is -0.320 e. The first-order valence-corrected chi connectivity index (χ1v) is 11.8. The van der Waals surface area contributed by atoms with Gasteiger partial charge in [-0.2, -0.15) is 0 Å². The van der Waals surface area contributed by atoms with Crippen LogP contribution in [0.1, 0.15) is 27.3 Å². The van der Waals surface area contributed by atoms with Crippen LogP contribution in [0.3, 0.4) is 0 Å². The molecule has 1 N–H and O–H groups in total. The number of hydrogen-bond acceptors (Lipinski definition) is 6. The SMILES string of the molecule is Cc1ccc(-n2nnc(C(=O)Nc3ccc(Br)cc3C)c2CSc2ncccn2)cc1Cl. The number of rotatable bonds is 6. The molecule has 32 heavy (non-hydrogen) atoms. The molecule has 7 nitrogen and oxygen atoms in total. The van der Waals surface area contributed by atoms with Crippen LogP contribution >= 0.6 is 39.3 Å². The van der Waals surface area contributed by atoms with E-state index in [-0.39, 0.29) is 11.6 Å². The number of nitrogens with zero attached hydrogens (tertiary/aromatic N) is 5. The highest BCUT2D eigenvalue weighted by molar-refractivity contribution is 9.10. The largest absolute Gasteiger partial charge is 0.320 e. The van der Waals surface area contributed by atoms with Gasteiger partial charge in [0.25, 0.3) is 5.91 Å². The third kappa shape index (κ3) is 5.01. The first kappa shape index (κ1) is 22.4. The average molecular weight is 530 g/mol. The standard InChI is InChI=1S/C22H18BrClN6OS/c1-13-4-6-16(11-17(13)24)30-19(12-32-22-25-8-3-9-26-22)20(28-29-30)21(31)27-18-7-5-15(23)10-14(18)2/h3-11H,12H2,1-2H3,(H,27,31). The van der Waals surface area contributed by atoms with Gasteiger partial charge < -0.3 is 5.32 Å². The molecule has 4 aromatic rings. The average Bonchev–Trinajstić information content (AvgIpc) is 3.21. The predicted molar refractivity (Wildman–Crippen MR) is 130 cm³/mol. The summed E-state index contributed by atoms with van der Waals surface area (Å²) >= 11 is 11.2. The highest BCUT2D eigenvalue weighted by atomic mass is 79.9. The number of carbonyl (C=O) groups is 1. The summed E-state index contributed by atoms with van der Waals surface area (Å²) in [5, 5.41) is 12.6. The molecule has 162 valence electrons. The van der Waals surface area contributed by atoms with Crippen LogP contribution in [0.2, 0.25) is 5.02 Å². The number of aryl methyl sites for hydroxylation is 2. The smallest absolute Gasteiger partial charge is 0.278 e. The number of hydrogen-bond donors (Lipinski definition) is 1. The van der Waals surface area contributed by atoms with Gasteiger partial charge in [0.2, 0.25) is 0 Å². The number of amides is 1. The van der Waals surface area contributed by atoms with Crippen LogP contribution < -0.4 is 5.32 Å². The lowest BCUT2D eigenvalue weighted by atomic mass is 10.2. The Morgan fingerprint density at radius 1 is 1.12 bits per heavy atom. The second kappa shape index (κ2) is 9.81. The molecule has 2 aromatic carbocycles. The second-order valence-corrected chi connectivity index (χ2v) is 9.23. The monoisotopic (exact) mass is 528 g/mol. The van der Waals surface area contributed by atoms with Gasteiger partial charge in [0.1, 0.15) is 0 Å². The highest BCUT2D eigenvalue weighted by Crippen LogP contribution is 2.26. The van der Waals surface area contributed by atoms with E-state index in [0.29, 0.717) is 27.3 Å². The maximum atomic E-state index is 13.1. The van der Waals surface area contributed by atoms with Crippen LogP contribution in [0.15, 0.2) is 64.5 Å². The molecule has 0 atom stereocenters. The summed E-state index contributed by atoms with van der Waals surface area (Å²) in [4.78, 5) is 21.6. The van der Waals surface area contributed by atoms with Gasteiger partial charge in [-0.05, 0) is 61.4 Å². The number of anilines is 1. The Bertz CT molecular complexity index is 1280. The molecule has 0 spiro atoms. The Labute approximate surface area is 202 Å². The fourth-order valence-electron chi connectivity index (χ4n) is 2.97. The van der Waals surface area contributed by atoms with E-state index in [1.807, 2.05) is 44.2 Å². The van der Waals surface area contributed by atoms with Crippen molar-refractivity contribution in [3.05, 3.63) is 86.9 Å². The van der Waals surface area contributed by atoms with E-state index in [4.69, 9.17) is 11.6 Å². The zero-order chi connectivity index (χ0) is 22.7. The Hall–Kier alpha value is -2.75. The highest BCUT2D eigenvalue weighted by Gasteiger charge is 2.22. The third-order valence-electron chi connectivity index (χ3n) is 4.69. The summed E-state index contributed by atoms with van der Waals surface area (Å²) in [6.45, 7) is 3.85. The topological polar surface area (TPSA) is 85.6 Å². The van der Waals surface area contributed by atoms with E-state index in [0.717, 1.165) is 21.3 Å². The summed E-state index contributed by atoms with van der Waals surface area (Å²) in [5.74, 6) is 0.0503. The number of aromatic nitrogens is 5. The lowest BCUT2D eigenvalue weighted by Crippen LogP contribution is -2.16. The summed E-state index contributed by atoms with van der Waals surface area (Å²) < 4.78 is 2.57. The Kier molecular flexibility index (Phi) is 6.88. The molecule has 0 unspecified atom stereocenters. The molecule has 0 saturated carbocycles. The fraction of sp³-hybridized carbons (Fsp3) is 0.136. The van der Waals surface area contributed by atoms with E-state index in [9.17, 15) is 4.79 Å². The van der Waals surface area contributed by atoms with Crippen molar-refractivity contribution in [2.24, 2.45) is 0 Å². The van der Waals surface area contributed by atoms with Crippen molar-refractivity contribution in [2.75, 3.05) is 5.32 Å². The Morgan fingerprint density at radius 2 is 1.91 bits per heavy atom. The van der Waals surface area contributed by atoms with Gasteiger partial charge in [-0.25, -0.2) is 14.6 Å². The van der Waals surface area contributed by atoms with Crippen molar-refractivity contribution in [1.82, 2.24) is 25.0 Å². The van der Waals surface area contributed by atoms with E-state index >= 15 is 0 Å². The summed E-state index contributed by atoms with van der Waals surface area (Å²) in [6.07, 6.45) is 3.35. The van der Waals surface area contributed by atoms with Gasteiger partial charge in [-0.15, -0.1) is 5.10 Å². The normalized spacial score (nSPS) is 10.9. The maximum Gasteiger partial charge on any atom is 0.278 e. The summed E-state index contributed by atoms with van der Waals surface area (Å²) in [7, 11) is 0. The zero-order valence-electron chi connectivity index (χ0n) is 17.2. The molecule has 0 bridgehead atoms. The van der Waals surface area contributed by atoms with Crippen LogP contribution in [0.5, 0.6) is 0 Å². The van der Waals surface area contributed by atoms with Crippen LogP contribution in [-0.4, -0.2) is 30.9 Å². The van der Waals surface area contributed by atoms with Crippen LogP contribution in [0.4, 0.5) is 5.69 Å². The molecule has 2 heterocycles. The van der Waals surface area contributed by atoms with E-state index in [2.05, 4.69) is 41.5 Å². The number of benzene rings is 2. The van der Waals surface area contributed by atoms with Gasteiger partial charge in [-0.1, -0.05) is 50.6 Å². The third-order valence-corrected chi connectivity index (χ3v) is 6.48. The van der Waals surface area contributed by atoms with Crippen molar-refractivity contribution in [3.8, 4) is 5.69 Å².